The first-order chi connectivity index (χ1) is 11.3. The van der Waals surface area contributed by atoms with E-state index >= 15 is 0 Å². The zero-order valence-electron chi connectivity index (χ0n) is 13.2. The van der Waals surface area contributed by atoms with Crippen molar-refractivity contribution in [1.82, 2.24) is 9.97 Å². The molecule has 1 saturated carbocycles. The van der Waals surface area contributed by atoms with Crippen LogP contribution < -0.4 is 9.80 Å². The van der Waals surface area contributed by atoms with Crippen molar-refractivity contribution >= 4 is 22.7 Å². The average molecular weight is 310 g/mol. The van der Waals surface area contributed by atoms with E-state index in [1.54, 1.807) is 0 Å². The fourth-order valence-electron chi connectivity index (χ4n) is 4.43. The molecule has 1 aromatic heterocycles. The molecule has 5 nitrogen and oxygen atoms in total. The third kappa shape index (κ3) is 2.10. The van der Waals surface area contributed by atoms with Crippen LogP contribution in [0, 0.1) is 17.8 Å². The molecule has 3 aliphatic rings. The monoisotopic (exact) mass is 310 g/mol. The van der Waals surface area contributed by atoms with Gasteiger partial charge in [0.25, 0.3) is 0 Å². The van der Waals surface area contributed by atoms with Crippen molar-refractivity contribution in [3.8, 4) is 0 Å². The average Bonchev–Trinajstić information content (AvgIpc) is 3.02. The van der Waals surface area contributed by atoms with E-state index in [4.69, 9.17) is 9.97 Å². The second-order valence-corrected chi connectivity index (χ2v) is 7.13. The molecular weight excluding hydrogens is 288 g/mol. The number of piperidine rings is 1. The topological polar surface area (TPSA) is 52.5 Å². The standard InChI is InChI=1S/C18H22N4O/c23-11-14-12-9-22(10-13(12)14)18-17(21-7-3-4-8-21)19-15-5-1-2-6-16(15)20-18/h1-2,5-6,12-14,23H,3-4,7-11H2/t12-,13+,14?. The zero-order valence-corrected chi connectivity index (χ0v) is 13.2. The molecule has 3 fully saturated rings. The maximum Gasteiger partial charge on any atom is 0.172 e. The van der Waals surface area contributed by atoms with Crippen molar-refractivity contribution in [3.05, 3.63) is 24.3 Å². The highest BCUT2D eigenvalue weighted by molar-refractivity contribution is 5.81. The van der Waals surface area contributed by atoms with E-state index in [2.05, 4.69) is 15.9 Å². The summed E-state index contributed by atoms with van der Waals surface area (Å²) < 4.78 is 0. The predicted octanol–water partition coefficient (Wildman–Crippen LogP) is 1.90. The van der Waals surface area contributed by atoms with Crippen LogP contribution in [0.2, 0.25) is 0 Å². The molecule has 0 bridgehead atoms. The maximum absolute atomic E-state index is 9.38. The minimum atomic E-state index is 0.339. The van der Waals surface area contributed by atoms with Crippen LogP contribution in [0.15, 0.2) is 24.3 Å². The summed E-state index contributed by atoms with van der Waals surface area (Å²) in [6.45, 7) is 4.54. The van der Waals surface area contributed by atoms with Crippen LogP contribution in [0.4, 0.5) is 11.6 Å². The van der Waals surface area contributed by atoms with E-state index in [-0.39, 0.29) is 0 Å². The molecular formula is C18H22N4O. The number of para-hydroxylation sites is 2. The van der Waals surface area contributed by atoms with Gasteiger partial charge < -0.3 is 14.9 Å². The molecule has 1 aromatic carbocycles. The highest BCUT2D eigenvalue weighted by Gasteiger charge is 2.55. The first kappa shape index (κ1) is 13.5. The lowest BCUT2D eigenvalue weighted by atomic mass is 10.2. The molecule has 0 radical (unpaired) electrons. The van der Waals surface area contributed by atoms with Gasteiger partial charge in [0.2, 0.25) is 0 Å². The van der Waals surface area contributed by atoms with E-state index in [1.165, 1.54) is 12.8 Å². The van der Waals surface area contributed by atoms with Gasteiger partial charge in [0, 0.05) is 32.8 Å². The maximum atomic E-state index is 9.38. The smallest absolute Gasteiger partial charge is 0.172 e. The zero-order chi connectivity index (χ0) is 15.4. The van der Waals surface area contributed by atoms with E-state index < -0.39 is 0 Å². The summed E-state index contributed by atoms with van der Waals surface area (Å²) in [6, 6.07) is 8.16. The lowest BCUT2D eigenvalue weighted by Gasteiger charge is -2.27. The Morgan fingerprint density at radius 2 is 1.48 bits per heavy atom. The number of nitrogens with zero attached hydrogens (tertiary/aromatic N) is 4. The SMILES string of the molecule is OCC1[C@H]2CN(c3nc4ccccc4nc3N3CCCC3)C[C@@H]12. The van der Waals surface area contributed by atoms with Crippen molar-refractivity contribution in [2.75, 3.05) is 42.6 Å². The quantitative estimate of drug-likeness (QED) is 0.938. The van der Waals surface area contributed by atoms with Crippen LogP contribution in [0.5, 0.6) is 0 Å². The molecule has 3 atom stereocenters. The number of benzene rings is 1. The molecule has 0 amide bonds. The number of aromatic nitrogens is 2. The minimum absolute atomic E-state index is 0.339. The lowest BCUT2D eigenvalue weighted by Crippen LogP contribution is -2.30. The number of anilines is 2. The second-order valence-electron chi connectivity index (χ2n) is 7.13. The van der Waals surface area contributed by atoms with Gasteiger partial charge >= 0.3 is 0 Å². The number of hydrogen-bond donors (Lipinski definition) is 1. The lowest BCUT2D eigenvalue weighted by molar-refractivity contribution is 0.260. The van der Waals surface area contributed by atoms with Crippen molar-refractivity contribution in [3.63, 3.8) is 0 Å². The van der Waals surface area contributed by atoms with Crippen LogP contribution in [-0.4, -0.2) is 47.9 Å². The van der Waals surface area contributed by atoms with Gasteiger partial charge in [-0.2, -0.15) is 0 Å². The second kappa shape index (κ2) is 5.06. The van der Waals surface area contributed by atoms with Gasteiger partial charge in [-0.05, 0) is 42.7 Å². The third-order valence-electron chi connectivity index (χ3n) is 5.82. The van der Waals surface area contributed by atoms with E-state index in [0.29, 0.717) is 24.4 Å². The van der Waals surface area contributed by atoms with Crippen LogP contribution in [0.1, 0.15) is 12.8 Å². The summed E-state index contributed by atoms with van der Waals surface area (Å²) in [7, 11) is 0. The summed E-state index contributed by atoms with van der Waals surface area (Å²) in [5.41, 5.74) is 1.96. The summed E-state index contributed by atoms with van der Waals surface area (Å²) in [6.07, 6.45) is 2.48. The summed E-state index contributed by atoms with van der Waals surface area (Å²) >= 11 is 0. The Kier molecular flexibility index (Phi) is 2.98. The fraction of sp³-hybridized carbons (Fsp3) is 0.556. The van der Waals surface area contributed by atoms with Crippen LogP contribution in [0.3, 0.4) is 0 Å². The molecule has 5 heteroatoms. The molecule has 2 saturated heterocycles. The first-order valence-corrected chi connectivity index (χ1v) is 8.72. The third-order valence-corrected chi connectivity index (χ3v) is 5.82. The van der Waals surface area contributed by atoms with Crippen LogP contribution in [-0.2, 0) is 0 Å². The molecule has 0 spiro atoms. The van der Waals surface area contributed by atoms with Gasteiger partial charge in [0.15, 0.2) is 11.6 Å². The fourth-order valence-corrected chi connectivity index (χ4v) is 4.43. The molecule has 1 unspecified atom stereocenters. The number of rotatable bonds is 3. The molecule has 120 valence electrons. The van der Waals surface area contributed by atoms with Gasteiger partial charge in [-0.3, -0.25) is 0 Å². The predicted molar refractivity (Wildman–Crippen MR) is 90.8 cm³/mol. The Labute approximate surface area is 135 Å². The molecule has 1 aliphatic carbocycles. The molecule has 1 N–H and O–H groups in total. The minimum Gasteiger partial charge on any atom is -0.396 e. The number of aliphatic hydroxyl groups is 1. The van der Waals surface area contributed by atoms with E-state index in [9.17, 15) is 5.11 Å². The summed E-state index contributed by atoms with van der Waals surface area (Å²) in [5.74, 6) is 3.94. The van der Waals surface area contributed by atoms with Crippen molar-refractivity contribution in [2.24, 2.45) is 17.8 Å². The van der Waals surface area contributed by atoms with E-state index in [0.717, 1.165) is 48.8 Å². The summed E-state index contributed by atoms with van der Waals surface area (Å²) in [4.78, 5) is 14.7. The highest BCUT2D eigenvalue weighted by atomic mass is 16.3. The molecule has 2 aromatic rings. The molecule has 3 heterocycles. The Hall–Kier alpha value is -1.88. The largest absolute Gasteiger partial charge is 0.396 e. The Morgan fingerprint density at radius 1 is 0.913 bits per heavy atom. The Morgan fingerprint density at radius 3 is 2.04 bits per heavy atom. The molecule has 5 rings (SSSR count). The molecule has 23 heavy (non-hydrogen) atoms. The van der Waals surface area contributed by atoms with Gasteiger partial charge in [0.1, 0.15) is 0 Å². The Bertz CT molecular complexity index is 731. The van der Waals surface area contributed by atoms with Gasteiger partial charge in [-0.25, -0.2) is 9.97 Å². The number of hydrogen-bond acceptors (Lipinski definition) is 5. The van der Waals surface area contributed by atoms with Gasteiger partial charge in [-0.15, -0.1) is 0 Å². The van der Waals surface area contributed by atoms with Crippen molar-refractivity contribution < 1.29 is 5.11 Å². The van der Waals surface area contributed by atoms with Crippen molar-refractivity contribution in [1.29, 1.82) is 0 Å². The van der Waals surface area contributed by atoms with Crippen LogP contribution in [0.25, 0.3) is 11.0 Å². The number of fused-ring (bicyclic) bond motifs is 2. The Balaban J connectivity index is 1.54. The van der Waals surface area contributed by atoms with Crippen molar-refractivity contribution in [2.45, 2.75) is 12.8 Å². The highest BCUT2D eigenvalue weighted by Crippen LogP contribution is 2.52. The van der Waals surface area contributed by atoms with Gasteiger partial charge in [0.05, 0.1) is 11.0 Å². The summed E-state index contributed by atoms with van der Waals surface area (Å²) in [5, 5.41) is 9.38. The van der Waals surface area contributed by atoms with Crippen LogP contribution >= 0.6 is 0 Å². The first-order valence-electron chi connectivity index (χ1n) is 8.72. The van der Waals surface area contributed by atoms with Gasteiger partial charge in [-0.1, -0.05) is 12.1 Å². The normalized spacial score (nSPS) is 29.3. The number of aliphatic hydroxyl groups excluding tert-OH is 1. The van der Waals surface area contributed by atoms with E-state index in [1.807, 2.05) is 18.2 Å². The molecule has 2 aliphatic heterocycles.